The van der Waals surface area contributed by atoms with Gasteiger partial charge >= 0.3 is 5.97 Å². The average Bonchev–Trinajstić information content (AvgIpc) is 2.94. The van der Waals surface area contributed by atoms with Crippen LogP contribution < -0.4 is 0 Å². The summed E-state index contributed by atoms with van der Waals surface area (Å²) in [6.45, 7) is 0.674. The molecule has 0 spiro atoms. The molecule has 1 fully saturated rings. The number of carboxylic acid groups (broad SMARTS) is 1. The van der Waals surface area contributed by atoms with Crippen LogP contribution in [-0.2, 0) is 17.6 Å². The van der Waals surface area contributed by atoms with Crippen molar-refractivity contribution in [3.8, 4) is 0 Å². The van der Waals surface area contributed by atoms with Crippen LogP contribution in [0.3, 0.4) is 0 Å². The van der Waals surface area contributed by atoms with Crippen molar-refractivity contribution in [2.45, 2.75) is 51.0 Å². The lowest BCUT2D eigenvalue weighted by Gasteiger charge is -2.35. The van der Waals surface area contributed by atoms with Crippen LogP contribution in [0.5, 0.6) is 0 Å². The number of carboxylic acids is 1. The van der Waals surface area contributed by atoms with Gasteiger partial charge in [-0.1, -0.05) is 6.07 Å². The van der Waals surface area contributed by atoms with Gasteiger partial charge in [-0.25, -0.2) is 0 Å². The van der Waals surface area contributed by atoms with Gasteiger partial charge in [0.15, 0.2) is 0 Å². The summed E-state index contributed by atoms with van der Waals surface area (Å²) in [5.74, 6) is -0.829. The first-order valence-corrected chi connectivity index (χ1v) is 7.80. The van der Waals surface area contributed by atoms with E-state index in [0.717, 1.165) is 32.1 Å². The number of amides is 1. The molecular weight excluding hydrogens is 266 g/mol. The normalized spacial score (nSPS) is 21.1. The molecule has 1 unspecified atom stereocenters. The van der Waals surface area contributed by atoms with Gasteiger partial charge in [0, 0.05) is 18.2 Å². The molecule has 1 aliphatic heterocycles. The van der Waals surface area contributed by atoms with Crippen molar-refractivity contribution in [2.24, 2.45) is 0 Å². The van der Waals surface area contributed by atoms with Gasteiger partial charge in [0.25, 0.3) is 5.91 Å². The van der Waals surface area contributed by atoms with Crippen molar-refractivity contribution >= 4 is 11.9 Å². The van der Waals surface area contributed by atoms with Crippen LogP contribution in [0.4, 0.5) is 0 Å². The SMILES string of the molecule is O=C(O)CC1CCCCN1C(=O)c1ccc2c(c1)CCC2. The van der Waals surface area contributed by atoms with E-state index in [-0.39, 0.29) is 18.4 Å². The highest BCUT2D eigenvalue weighted by Crippen LogP contribution is 2.26. The fourth-order valence-corrected chi connectivity index (χ4v) is 3.55. The number of carbonyl (C=O) groups excluding carboxylic acids is 1. The predicted octanol–water partition coefficient (Wildman–Crippen LogP) is 2.64. The highest BCUT2D eigenvalue weighted by molar-refractivity contribution is 5.95. The van der Waals surface area contributed by atoms with Gasteiger partial charge in [-0.3, -0.25) is 9.59 Å². The average molecular weight is 287 g/mol. The fourth-order valence-electron chi connectivity index (χ4n) is 3.55. The van der Waals surface area contributed by atoms with Crippen molar-refractivity contribution in [3.05, 3.63) is 34.9 Å². The molecule has 1 atom stereocenters. The number of rotatable bonds is 3. The molecule has 0 saturated carbocycles. The standard InChI is InChI=1S/C17H21NO3/c19-16(20)11-15-6-1-2-9-18(15)17(21)14-8-7-12-4-3-5-13(12)10-14/h7-8,10,15H,1-6,9,11H2,(H,19,20). The summed E-state index contributed by atoms with van der Waals surface area (Å²) in [7, 11) is 0. The van der Waals surface area contributed by atoms with Crippen molar-refractivity contribution < 1.29 is 14.7 Å². The summed E-state index contributed by atoms with van der Waals surface area (Å²) in [6, 6.07) is 5.82. The molecule has 4 heteroatoms. The summed E-state index contributed by atoms with van der Waals surface area (Å²) in [6.07, 6.45) is 6.14. The second kappa shape index (κ2) is 5.88. The molecule has 21 heavy (non-hydrogen) atoms. The Morgan fingerprint density at radius 1 is 1.14 bits per heavy atom. The first kappa shape index (κ1) is 14.1. The van der Waals surface area contributed by atoms with Crippen LogP contribution in [0.25, 0.3) is 0 Å². The van der Waals surface area contributed by atoms with Crippen LogP contribution >= 0.6 is 0 Å². The zero-order valence-electron chi connectivity index (χ0n) is 12.2. The Balaban J connectivity index is 1.80. The van der Waals surface area contributed by atoms with E-state index < -0.39 is 5.97 Å². The van der Waals surface area contributed by atoms with E-state index in [0.29, 0.717) is 12.1 Å². The van der Waals surface area contributed by atoms with Crippen LogP contribution in [0.15, 0.2) is 18.2 Å². The van der Waals surface area contributed by atoms with Crippen molar-refractivity contribution in [1.29, 1.82) is 0 Å². The van der Waals surface area contributed by atoms with E-state index >= 15 is 0 Å². The maximum absolute atomic E-state index is 12.7. The van der Waals surface area contributed by atoms with Crippen LogP contribution in [-0.4, -0.2) is 34.5 Å². The van der Waals surface area contributed by atoms with Gasteiger partial charge in [-0.2, -0.15) is 0 Å². The number of aryl methyl sites for hydroxylation is 2. The summed E-state index contributed by atoms with van der Waals surface area (Å²) >= 11 is 0. The Labute approximate surface area is 124 Å². The van der Waals surface area contributed by atoms with E-state index in [1.54, 1.807) is 4.90 Å². The number of hydrogen-bond donors (Lipinski definition) is 1. The Bertz CT molecular complexity index is 567. The Morgan fingerprint density at radius 2 is 1.95 bits per heavy atom. The minimum Gasteiger partial charge on any atom is -0.481 e. The number of carbonyl (C=O) groups is 2. The minimum absolute atomic E-state index is 0.00403. The molecule has 0 bridgehead atoms. The Hall–Kier alpha value is -1.84. The van der Waals surface area contributed by atoms with Crippen molar-refractivity contribution in [3.63, 3.8) is 0 Å². The smallest absolute Gasteiger partial charge is 0.305 e. The quantitative estimate of drug-likeness (QED) is 0.929. The summed E-state index contributed by atoms with van der Waals surface area (Å²) in [5, 5.41) is 9.02. The van der Waals surface area contributed by atoms with Gasteiger partial charge in [-0.15, -0.1) is 0 Å². The topological polar surface area (TPSA) is 57.6 Å². The number of benzene rings is 1. The first-order chi connectivity index (χ1) is 10.1. The molecule has 3 rings (SSSR count). The number of fused-ring (bicyclic) bond motifs is 1. The summed E-state index contributed by atoms with van der Waals surface area (Å²) in [5.41, 5.74) is 3.35. The zero-order valence-corrected chi connectivity index (χ0v) is 12.2. The van der Waals surface area contributed by atoms with Gasteiger partial charge in [-0.05, 0) is 61.8 Å². The molecule has 1 aromatic carbocycles. The fraction of sp³-hybridized carbons (Fsp3) is 0.529. The number of aliphatic carboxylic acids is 1. The zero-order chi connectivity index (χ0) is 14.8. The molecule has 4 nitrogen and oxygen atoms in total. The molecule has 1 heterocycles. The molecule has 1 saturated heterocycles. The molecule has 1 aliphatic carbocycles. The number of hydrogen-bond acceptors (Lipinski definition) is 2. The molecule has 0 aromatic heterocycles. The van der Waals surface area contributed by atoms with Crippen molar-refractivity contribution in [1.82, 2.24) is 4.90 Å². The van der Waals surface area contributed by atoms with Gasteiger partial charge in [0.05, 0.1) is 6.42 Å². The maximum atomic E-state index is 12.7. The third kappa shape index (κ3) is 2.94. The van der Waals surface area contributed by atoms with Crippen molar-refractivity contribution in [2.75, 3.05) is 6.54 Å². The van der Waals surface area contributed by atoms with Crippen LogP contribution in [0.1, 0.15) is 53.6 Å². The van der Waals surface area contributed by atoms with Crippen LogP contribution in [0.2, 0.25) is 0 Å². The highest BCUT2D eigenvalue weighted by atomic mass is 16.4. The lowest BCUT2D eigenvalue weighted by molar-refractivity contribution is -0.138. The molecule has 1 amide bonds. The third-order valence-corrected chi connectivity index (χ3v) is 4.64. The van der Waals surface area contributed by atoms with E-state index in [1.165, 1.54) is 17.5 Å². The Morgan fingerprint density at radius 3 is 2.76 bits per heavy atom. The van der Waals surface area contributed by atoms with Gasteiger partial charge in [0.1, 0.15) is 0 Å². The minimum atomic E-state index is -0.825. The first-order valence-electron chi connectivity index (χ1n) is 7.80. The molecule has 1 N–H and O–H groups in total. The monoisotopic (exact) mass is 287 g/mol. The summed E-state index contributed by atoms with van der Waals surface area (Å²) < 4.78 is 0. The number of nitrogens with zero attached hydrogens (tertiary/aromatic N) is 1. The molecule has 2 aliphatic rings. The largest absolute Gasteiger partial charge is 0.481 e. The van der Waals surface area contributed by atoms with Crippen LogP contribution in [0, 0.1) is 0 Å². The number of piperidine rings is 1. The molecule has 0 radical (unpaired) electrons. The maximum Gasteiger partial charge on any atom is 0.305 e. The van der Waals surface area contributed by atoms with E-state index in [2.05, 4.69) is 6.07 Å². The molecule has 112 valence electrons. The summed E-state index contributed by atoms with van der Waals surface area (Å²) in [4.78, 5) is 25.5. The second-order valence-electron chi connectivity index (χ2n) is 6.08. The second-order valence-corrected chi connectivity index (χ2v) is 6.08. The molecule has 1 aromatic rings. The molecular formula is C17H21NO3. The van der Waals surface area contributed by atoms with E-state index in [1.807, 2.05) is 12.1 Å². The van der Waals surface area contributed by atoms with Gasteiger partial charge < -0.3 is 10.0 Å². The Kier molecular flexibility index (Phi) is 3.95. The predicted molar refractivity (Wildman–Crippen MR) is 79.4 cm³/mol. The number of likely N-dealkylation sites (tertiary alicyclic amines) is 1. The lowest BCUT2D eigenvalue weighted by atomic mass is 9.97. The van der Waals surface area contributed by atoms with Gasteiger partial charge in [0.2, 0.25) is 0 Å². The lowest BCUT2D eigenvalue weighted by Crippen LogP contribution is -2.44. The van der Waals surface area contributed by atoms with E-state index in [9.17, 15) is 9.59 Å². The third-order valence-electron chi connectivity index (χ3n) is 4.64. The van der Waals surface area contributed by atoms with E-state index in [4.69, 9.17) is 5.11 Å². The highest BCUT2D eigenvalue weighted by Gasteiger charge is 2.29.